The van der Waals surface area contributed by atoms with E-state index in [0.29, 0.717) is 19.3 Å². The van der Waals surface area contributed by atoms with Crippen LogP contribution < -0.4 is 0 Å². The number of carbonyl (C=O) groups excluding carboxylic acids is 1. The number of aliphatic carboxylic acids is 1. The van der Waals surface area contributed by atoms with Gasteiger partial charge in [-0.05, 0) is 109 Å². The van der Waals surface area contributed by atoms with Gasteiger partial charge in [-0.1, -0.05) is 60.1 Å². The van der Waals surface area contributed by atoms with Gasteiger partial charge in [-0.25, -0.2) is 4.79 Å². The lowest BCUT2D eigenvalue weighted by Gasteiger charge is -2.71. The molecular weight excluding hydrogens is 852 g/mol. The van der Waals surface area contributed by atoms with Crippen LogP contribution >= 0.6 is 0 Å². The van der Waals surface area contributed by atoms with Crippen LogP contribution in [0.2, 0.25) is 0 Å². The molecule has 0 aromatic rings. The summed E-state index contributed by atoms with van der Waals surface area (Å²) in [7, 11) is 0. The van der Waals surface area contributed by atoms with Crippen molar-refractivity contribution in [2.24, 2.45) is 50.2 Å². The smallest absolute Gasteiger partial charge is 0.335 e. The van der Waals surface area contributed by atoms with E-state index in [4.69, 9.17) is 28.4 Å². The average Bonchev–Trinajstić information content (AvgIpc) is 3.51. The zero-order valence-electron chi connectivity index (χ0n) is 38.7. The summed E-state index contributed by atoms with van der Waals surface area (Å²) in [6.07, 6.45) is -13.2. The fourth-order valence-electron chi connectivity index (χ4n) is 14.8. The van der Waals surface area contributed by atoms with E-state index in [1.807, 2.05) is 0 Å². The van der Waals surface area contributed by atoms with E-state index in [-0.39, 0.29) is 39.4 Å². The minimum Gasteiger partial charge on any atom is -0.479 e. The molecule has 0 amide bonds. The molecule has 0 unspecified atom stereocenters. The first kappa shape index (κ1) is 49.5. The highest BCUT2D eigenvalue weighted by Crippen LogP contribution is 2.76. The van der Waals surface area contributed by atoms with Crippen molar-refractivity contribution < 1.29 is 89.1 Å². The van der Waals surface area contributed by atoms with Crippen LogP contribution in [0.4, 0.5) is 0 Å². The third-order valence-electron chi connectivity index (χ3n) is 18.9. The summed E-state index contributed by atoms with van der Waals surface area (Å²) in [5.74, 6) is -1.80. The fourth-order valence-corrected chi connectivity index (χ4v) is 14.8. The van der Waals surface area contributed by atoms with Gasteiger partial charge < -0.3 is 79.5 Å². The zero-order valence-corrected chi connectivity index (χ0v) is 38.7. The number of carboxylic acids is 1. The van der Waals surface area contributed by atoms with Crippen LogP contribution in [0.15, 0.2) is 11.6 Å². The number of carbonyl (C=O) groups is 2. The van der Waals surface area contributed by atoms with Crippen LogP contribution in [0.5, 0.6) is 0 Å². The summed E-state index contributed by atoms with van der Waals surface area (Å²) in [6, 6.07) is 0. The molecule has 3 heterocycles. The summed E-state index contributed by atoms with van der Waals surface area (Å²) in [6.45, 7) is 14.6. The fraction of sp³-hybridized carbons (Fsp3) is 0.915. The Bertz CT molecular complexity index is 1820. The first-order chi connectivity index (χ1) is 30.3. The second-order valence-corrected chi connectivity index (χ2v) is 23.0. The third kappa shape index (κ3) is 7.67. The summed E-state index contributed by atoms with van der Waals surface area (Å²) in [5, 5.41) is 105. The standard InChI is InChI=1S/C47H74O18/c1-42(2)14-16-47(41(59)65-39-32(54)30(52)28(50)23(19-48)61-39)17-15-45(6)21(22(47)18-42)8-9-26-44(5)12-11-27(43(3,4)25(44)10-13-46(26,45)7)62-40-34(56)35(33(55)36(64-40)37(57)58)63-38-31(53)29(51)24(20-49)60-38/h8,22-36,38-40,48-56H,9-20H2,1-7H3,(H,57,58)/t22-,23-,24+,25+,26-,27+,28-,29+,30+,31-,32-,33+,34-,35+,36+,38+,39+,40-,44+,45-,46-,47+/m1/s1. The molecular formula is C47H74O18. The summed E-state index contributed by atoms with van der Waals surface area (Å²) in [5.41, 5.74) is -0.845. The molecule has 0 bridgehead atoms. The first-order valence-corrected chi connectivity index (χ1v) is 23.7. The molecule has 7 fully saturated rings. The number of ether oxygens (including phenoxy) is 6. The molecule has 0 spiro atoms. The topological polar surface area (TPSA) is 292 Å². The van der Waals surface area contributed by atoms with Gasteiger partial charge in [0, 0.05) is 0 Å². The Labute approximate surface area is 380 Å². The molecule has 0 radical (unpaired) electrons. The maximum absolute atomic E-state index is 14.7. The minimum absolute atomic E-state index is 0.0676. The lowest BCUT2D eigenvalue weighted by molar-refractivity contribution is -0.343. The summed E-state index contributed by atoms with van der Waals surface area (Å²) < 4.78 is 35.2. The van der Waals surface area contributed by atoms with Crippen molar-refractivity contribution in [3.05, 3.63) is 11.6 Å². The number of allylic oxidation sites excluding steroid dienone is 2. The van der Waals surface area contributed by atoms with Crippen molar-refractivity contribution in [1.82, 2.24) is 0 Å². The van der Waals surface area contributed by atoms with Gasteiger partial charge in [-0.3, -0.25) is 4.79 Å². The van der Waals surface area contributed by atoms with Crippen LogP contribution in [0.3, 0.4) is 0 Å². The first-order valence-electron chi connectivity index (χ1n) is 23.7. The maximum atomic E-state index is 14.7. The lowest BCUT2D eigenvalue weighted by Crippen LogP contribution is -2.66. The van der Waals surface area contributed by atoms with E-state index in [1.54, 1.807) is 0 Å². The second kappa shape index (κ2) is 17.2. The van der Waals surface area contributed by atoms with Crippen molar-refractivity contribution in [2.45, 2.75) is 205 Å². The average molecular weight is 927 g/mol. The summed E-state index contributed by atoms with van der Waals surface area (Å²) in [4.78, 5) is 27.0. The van der Waals surface area contributed by atoms with E-state index >= 15 is 0 Å². The van der Waals surface area contributed by atoms with Gasteiger partial charge >= 0.3 is 11.9 Å². The molecule has 22 atom stereocenters. The summed E-state index contributed by atoms with van der Waals surface area (Å²) >= 11 is 0. The van der Waals surface area contributed by atoms with Crippen molar-refractivity contribution in [2.75, 3.05) is 13.2 Å². The maximum Gasteiger partial charge on any atom is 0.335 e. The Balaban J connectivity index is 1.03. The molecule has 65 heavy (non-hydrogen) atoms. The van der Waals surface area contributed by atoms with Crippen LogP contribution in [0.25, 0.3) is 0 Å². The molecule has 0 aromatic carbocycles. The predicted molar refractivity (Wildman–Crippen MR) is 225 cm³/mol. The van der Waals surface area contributed by atoms with Gasteiger partial charge in [0.1, 0.15) is 61.0 Å². The molecule has 370 valence electrons. The number of aliphatic hydroxyl groups is 9. The number of fused-ring (bicyclic) bond motifs is 7. The minimum atomic E-state index is -1.90. The number of carboxylic acid groups (broad SMARTS) is 1. The lowest BCUT2D eigenvalue weighted by atomic mass is 9.33. The van der Waals surface area contributed by atoms with Crippen LogP contribution in [-0.2, 0) is 38.0 Å². The van der Waals surface area contributed by atoms with Gasteiger partial charge in [-0.2, -0.15) is 0 Å². The Hall–Kier alpha value is -1.88. The predicted octanol–water partition coefficient (Wildman–Crippen LogP) is 0.872. The van der Waals surface area contributed by atoms with E-state index in [0.717, 1.165) is 44.9 Å². The molecule has 8 rings (SSSR count). The second-order valence-electron chi connectivity index (χ2n) is 23.0. The Kier molecular flexibility index (Phi) is 13.1. The third-order valence-corrected chi connectivity index (χ3v) is 18.9. The van der Waals surface area contributed by atoms with Crippen molar-refractivity contribution in [3.8, 4) is 0 Å². The highest BCUT2D eigenvalue weighted by atomic mass is 16.7. The van der Waals surface area contributed by atoms with Crippen molar-refractivity contribution in [3.63, 3.8) is 0 Å². The largest absolute Gasteiger partial charge is 0.479 e. The Morgan fingerprint density at radius 2 is 1.26 bits per heavy atom. The molecule has 18 nitrogen and oxygen atoms in total. The van der Waals surface area contributed by atoms with E-state index < -0.39 is 128 Å². The Morgan fingerprint density at radius 3 is 1.91 bits per heavy atom. The van der Waals surface area contributed by atoms with Crippen molar-refractivity contribution in [1.29, 1.82) is 0 Å². The molecule has 3 aliphatic heterocycles. The molecule has 4 saturated carbocycles. The van der Waals surface area contributed by atoms with Crippen LogP contribution in [0.1, 0.15) is 113 Å². The van der Waals surface area contributed by atoms with Crippen LogP contribution in [-0.4, -0.2) is 168 Å². The van der Waals surface area contributed by atoms with Crippen molar-refractivity contribution >= 4 is 11.9 Å². The molecule has 5 aliphatic carbocycles. The van der Waals surface area contributed by atoms with Gasteiger partial charge in [0.15, 0.2) is 18.7 Å². The van der Waals surface area contributed by atoms with E-state index in [9.17, 15) is 60.7 Å². The molecule has 8 aliphatic rings. The van der Waals surface area contributed by atoms with Gasteiger partial charge in [0.2, 0.25) is 6.29 Å². The SMILES string of the molecule is CC1(C)CC[C@]2(C(=O)O[C@@H]3O[C@H](CO)[C@@H](O)[C@H](O)[C@H]3O)CC[C@]3(C)C(=CC[C@@H]4[C@@]5(C)CC[C@H](O[C@@H]6O[C@H](C(=O)O)[C@@H](O)[C@H](O[C@@H]7O[C@@H](CO)[C@H](O)[C@H]7O)[C@H]6O)C(C)(C)[C@@H]5CC[C@]43C)[C@H]2C1. The molecule has 3 saturated heterocycles. The number of aliphatic hydroxyl groups excluding tert-OH is 9. The van der Waals surface area contributed by atoms with E-state index in [2.05, 4.69) is 54.5 Å². The van der Waals surface area contributed by atoms with E-state index in [1.165, 1.54) is 5.57 Å². The molecule has 18 heteroatoms. The monoisotopic (exact) mass is 926 g/mol. The zero-order chi connectivity index (χ0) is 47.6. The number of esters is 1. The van der Waals surface area contributed by atoms with Gasteiger partial charge in [0.05, 0.1) is 24.7 Å². The Morgan fingerprint density at radius 1 is 0.662 bits per heavy atom. The van der Waals surface area contributed by atoms with Gasteiger partial charge in [-0.15, -0.1) is 0 Å². The number of hydrogen-bond donors (Lipinski definition) is 10. The van der Waals surface area contributed by atoms with Gasteiger partial charge in [0.25, 0.3) is 0 Å². The number of hydrogen-bond acceptors (Lipinski definition) is 17. The number of rotatable bonds is 9. The highest BCUT2D eigenvalue weighted by molar-refractivity contribution is 5.79. The quantitative estimate of drug-likeness (QED) is 0.0872. The highest BCUT2D eigenvalue weighted by Gasteiger charge is 2.70. The molecule has 10 N–H and O–H groups in total. The van der Waals surface area contributed by atoms with Crippen LogP contribution in [0, 0.1) is 50.2 Å². The molecule has 0 aromatic heterocycles. The normalized spacial score (nSPS) is 52.5.